The van der Waals surface area contributed by atoms with Crippen molar-refractivity contribution in [1.29, 1.82) is 0 Å². The zero-order valence-corrected chi connectivity index (χ0v) is 19.1. The predicted molar refractivity (Wildman–Crippen MR) is 135 cm³/mol. The van der Waals surface area contributed by atoms with E-state index in [4.69, 9.17) is 9.47 Å². The monoisotopic (exact) mass is 450 g/mol. The fourth-order valence-electron chi connectivity index (χ4n) is 3.84. The molecule has 5 rings (SSSR count). The van der Waals surface area contributed by atoms with Crippen molar-refractivity contribution in [2.24, 2.45) is 0 Å². The van der Waals surface area contributed by atoms with Crippen LogP contribution >= 0.6 is 0 Å². The van der Waals surface area contributed by atoms with Gasteiger partial charge in [0.15, 0.2) is 0 Å². The van der Waals surface area contributed by atoms with E-state index >= 15 is 0 Å². The highest BCUT2D eigenvalue weighted by molar-refractivity contribution is 5.91. The molecule has 0 bridgehead atoms. The number of anilines is 2. The van der Waals surface area contributed by atoms with E-state index in [1.165, 1.54) is 0 Å². The minimum absolute atomic E-state index is 0.745. The van der Waals surface area contributed by atoms with Gasteiger partial charge in [0.2, 0.25) is 0 Å². The van der Waals surface area contributed by atoms with Gasteiger partial charge in [-0.3, -0.25) is 4.90 Å². The molecule has 34 heavy (non-hydrogen) atoms. The molecule has 170 valence electrons. The molecular formula is C28H26N4O2. The van der Waals surface area contributed by atoms with Crippen LogP contribution in [-0.2, 0) is 4.74 Å². The number of fused-ring (bicyclic) bond motifs is 1. The fourth-order valence-corrected chi connectivity index (χ4v) is 3.84. The second-order valence-corrected chi connectivity index (χ2v) is 8.16. The van der Waals surface area contributed by atoms with Crippen LogP contribution in [0, 0.1) is 18.8 Å². The minimum Gasteiger partial charge on any atom is -0.457 e. The zero-order valence-electron chi connectivity index (χ0n) is 19.1. The number of ether oxygens (including phenoxy) is 2. The molecule has 1 aliphatic heterocycles. The van der Waals surface area contributed by atoms with Gasteiger partial charge in [-0.05, 0) is 61.0 Å². The molecule has 1 N–H and O–H groups in total. The van der Waals surface area contributed by atoms with Crippen LogP contribution in [0.1, 0.15) is 11.1 Å². The highest BCUT2D eigenvalue weighted by atomic mass is 16.5. The first-order valence-corrected chi connectivity index (χ1v) is 11.4. The summed E-state index contributed by atoms with van der Waals surface area (Å²) in [5.41, 5.74) is 3.78. The van der Waals surface area contributed by atoms with Gasteiger partial charge in [0.1, 0.15) is 23.6 Å². The molecule has 1 fully saturated rings. The molecule has 0 aliphatic carbocycles. The lowest BCUT2D eigenvalue weighted by molar-refractivity contribution is 0.0443. The molecule has 0 radical (unpaired) electrons. The summed E-state index contributed by atoms with van der Waals surface area (Å²) in [5.74, 6) is 8.95. The van der Waals surface area contributed by atoms with Crippen LogP contribution in [0.15, 0.2) is 73.1 Å². The summed E-state index contributed by atoms with van der Waals surface area (Å²) in [4.78, 5) is 11.2. The van der Waals surface area contributed by atoms with Gasteiger partial charge in [0, 0.05) is 29.7 Å². The number of aromatic nitrogens is 2. The number of nitrogens with zero attached hydrogens (tertiary/aromatic N) is 3. The molecule has 0 amide bonds. The summed E-state index contributed by atoms with van der Waals surface area (Å²) < 4.78 is 11.4. The van der Waals surface area contributed by atoms with Crippen LogP contribution < -0.4 is 10.1 Å². The van der Waals surface area contributed by atoms with Crippen molar-refractivity contribution < 1.29 is 9.47 Å². The zero-order chi connectivity index (χ0) is 23.2. The third-order valence-corrected chi connectivity index (χ3v) is 5.68. The topological polar surface area (TPSA) is 59.5 Å². The second-order valence-electron chi connectivity index (χ2n) is 8.16. The lowest BCUT2D eigenvalue weighted by Gasteiger charge is -2.24. The molecule has 1 saturated heterocycles. The predicted octanol–water partition coefficient (Wildman–Crippen LogP) is 5.16. The number of benzene rings is 3. The summed E-state index contributed by atoms with van der Waals surface area (Å²) in [6.07, 6.45) is 1.58. The third kappa shape index (κ3) is 5.34. The van der Waals surface area contributed by atoms with Gasteiger partial charge < -0.3 is 14.8 Å². The fraction of sp³-hybridized carbons (Fsp3) is 0.214. The maximum atomic E-state index is 6.00. The molecular weight excluding hydrogens is 424 g/mol. The van der Waals surface area contributed by atoms with E-state index in [-0.39, 0.29) is 0 Å². The van der Waals surface area contributed by atoms with E-state index < -0.39 is 0 Å². The Labute approximate surface area is 199 Å². The SMILES string of the molecule is Cc1cc(Nc2ncnc3ccc(C#CCN4CCOCC4)cc23)ccc1Oc1ccccc1. The molecule has 2 heterocycles. The third-order valence-electron chi connectivity index (χ3n) is 5.68. The number of rotatable bonds is 5. The van der Waals surface area contributed by atoms with Crippen LogP contribution in [0.2, 0.25) is 0 Å². The molecule has 0 unspecified atom stereocenters. The van der Waals surface area contributed by atoms with Gasteiger partial charge in [-0.2, -0.15) is 0 Å². The number of hydrogen-bond acceptors (Lipinski definition) is 6. The highest BCUT2D eigenvalue weighted by Crippen LogP contribution is 2.29. The summed E-state index contributed by atoms with van der Waals surface area (Å²) in [6.45, 7) is 6.20. The smallest absolute Gasteiger partial charge is 0.141 e. The molecule has 6 nitrogen and oxygen atoms in total. The van der Waals surface area contributed by atoms with E-state index in [2.05, 4.69) is 38.1 Å². The Morgan fingerprint density at radius 2 is 1.85 bits per heavy atom. The quantitative estimate of drug-likeness (QED) is 0.424. The minimum atomic E-state index is 0.745. The van der Waals surface area contributed by atoms with Crippen LogP contribution in [0.5, 0.6) is 11.5 Å². The Hall–Kier alpha value is -3.92. The van der Waals surface area contributed by atoms with Gasteiger partial charge in [0.05, 0.1) is 25.3 Å². The summed E-state index contributed by atoms with van der Waals surface area (Å²) in [7, 11) is 0. The Kier molecular flexibility index (Phi) is 6.66. The molecule has 0 saturated carbocycles. The normalized spacial score (nSPS) is 13.8. The summed E-state index contributed by atoms with van der Waals surface area (Å²) in [5, 5.41) is 4.37. The molecule has 1 aromatic heterocycles. The molecule has 6 heteroatoms. The average Bonchev–Trinajstić information content (AvgIpc) is 2.87. The second kappa shape index (κ2) is 10.3. The molecule has 4 aromatic rings. The Morgan fingerprint density at radius 1 is 1.00 bits per heavy atom. The molecule has 0 spiro atoms. The van der Waals surface area contributed by atoms with E-state index in [9.17, 15) is 0 Å². The first-order valence-electron chi connectivity index (χ1n) is 11.4. The number of nitrogens with one attached hydrogen (secondary N) is 1. The Balaban J connectivity index is 1.34. The van der Waals surface area contributed by atoms with E-state index in [0.29, 0.717) is 0 Å². The molecule has 1 aliphatic rings. The van der Waals surface area contributed by atoms with Crippen molar-refractivity contribution in [2.45, 2.75) is 6.92 Å². The van der Waals surface area contributed by atoms with Crippen molar-refractivity contribution in [3.05, 3.63) is 84.2 Å². The summed E-state index contributed by atoms with van der Waals surface area (Å²) in [6, 6.07) is 21.8. The maximum absolute atomic E-state index is 6.00. The van der Waals surface area contributed by atoms with E-state index in [0.717, 1.165) is 77.9 Å². The van der Waals surface area contributed by atoms with Crippen molar-refractivity contribution in [3.8, 4) is 23.3 Å². The van der Waals surface area contributed by atoms with E-state index in [1.54, 1.807) is 6.33 Å². The van der Waals surface area contributed by atoms with Crippen LogP contribution in [0.3, 0.4) is 0 Å². The first-order chi connectivity index (χ1) is 16.7. The highest BCUT2D eigenvalue weighted by Gasteiger charge is 2.09. The van der Waals surface area contributed by atoms with Crippen LogP contribution in [0.25, 0.3) is 10.9 Å². The van der Waals surface area contributed by atoms with Gasteiger partial charge in [-0.15, -0.1) is 0 Å². The van der Waals surface area contributed by atoms with Crippen LogP contribution in [0.4, 0.5) is 11.5 Å². The first kappa shape index (κ1) is 21.9. The van der Waals surface area contributed by atoms with Crippen LogP contribution in [-0.4, -0.2) is 47.7 Å². The lowest BCUT2D eigenvalue weighted by atomic mass is 10.1. The molecule has 3 aromatic carbocycles. The standard InChI is InChI=1S/C28H26N4O2/c1-21-18-23(10-12-27(21)34-24-7-3-2-4-8-24)31-28-25-19-22(9-11-26(25)29-20-30-28)6-5-13-32-14-16-33-17-15-32/h2-4,7-12,18-20H,13-17H2,1H3,(H,29,30,31). The van der Waals surface area contributed by atoms with Gasteiger partial charge in [-0.1, -0.05) is 30.0 Å². The summed E-state index contributed by atoms with van der Waals surface area (Å²) >= 11 is 0. The number of aryl methyl sites for hydroxylation is 1. The lowest BCUT2D eigenvalue weighted by Crippen LogP contribution is -2.36. The van der Waals surface area contributed by atoms with Gasteiger partial charge in [0.25, 0.3) is 0 Å². The Bertz CT molecular complexity index is 1340. The number of hydrogen-bond donors (Lipinski definition) is 1. The number of morpholine rings is 1. The molecule has 0 atom stereocenters. The van der Waals surface area contributed by atoms with Gasteiger partial charge >= 0.3 is 0 Å². The van der Waals surface area contributed by atoms with Crippen molar-refractivity contribution >= 4 is 22.4 Å². The Morgan fingerprint density at radius 3 is 2.68 bits per heavy atom. The van der Waals surface area contributed by atoms with E-state index in [1.807, 2.05) is 67.6 Å². The maximum Gasteiger partial charge on any atom is 0.141 e. The van der Waals surface area contributed by atoms with Gasteiger partial charge in [-0.25, -0.2) is 9.97 Å². The number of para-hydroxylation sites is 1. The van der Waals surface area contributed by atoms with Crippen molar-refractivity contribution in [1.82, 2.24) is 14.9 Å². The van der Waals surface area contributed by atoms with Crippen molar-refractivity contribution in [3.63, 3.8) is 0 Å². The average molecular weight is 451 g/mol. The largest absolute Gasteiger partial charge is 0.457 e. The van der Waals surface area contributed by atoms with Crippen molar-refractivity contribution in [2.75, 3.05) is 38.2 Å².